The molecule has 2 rings (SSSR count). The Morgan fingerprint density at radius 3 is 2.58 bits per heavy atom. The van der Waals surface area contributed by atoms with Gasteiger partial charge in [0.1, 0.15) is 0 Å². The van der Waals surface area contributed by atoms with E-state index in [1.165, 1.54) is 0 Å². The summed E-state index contributed by atoms with van der Waals surface area (Å²) in [4.78, 5) is 38.5. The maximum Gasteiger partial charge on any atom is 0.254 e. The Morgan fingerprint density at radius 1 is 1.23 bits per heavy atom. The lowest BCUT2D eigenvalue weighted by atomic mass is 9.95. The van der Waals surface area contributed by atoms with Crippen molar-refractivity contribution in [3.8, 4) is 12.3 Å². The molecule has 0 bridgehead atoms. The molecule has 0 unspecified atom stereocenters. The van der Waals surface area contributed by atoms with Gasteiger partial charge in [0.05, 0.1) is 17.8 Å². The Bertz CT molecular complexity index is 700. The fourth-order valence-electron chi connectivity index (χ4n) is 3.01. The number of hydrogen-bond donors (Lipinski definition) is 2. The molecule has 0 atom stereocenters. The maximum atomic E-state index is 12.6. The number of benzene rings is 1. The average molecular weight is 355 g/mol. The van der Waals surface area contributed by atoms with Gasteiger partial charge in [0.2, 0.25) is 11.8 Å². The second-order valence-corrected chi connectivity index (χ2v) is 6.33. The van der Waals surface area contributed by atoms with Crippen LogP contribution in [-0.4, -0.2) is 42.3 Å². The third-order valence-electron chi connectivity index (χ3n) is 4.46. The lowest BCUT2D eigenvalue weighted by Crippen LogP contribution is -2.41. The normalized spacial score (nSPS) is 14.4. The van der Waals surface area contributed by atoms with Crippen LogP contribution in [0.25, 0.3) is 0 Å². The second kappa shape index (κ2) is 9.62. The predicted octanol–water partition coefficient (Wildman–Crippen LogP) is 2.03. The van der Waals surface area contributed by atoms with Crippen molar-refractivity contribution in [2.45, 2.75) is 32.6 Å². The van der Waals surface area contributed by atoms with Crippen molar-refractivity contribution < 1.29 is 14.4 Å². The fourth-order valence-corrected chi connectivity index (χ4v) is 3.01. The minimum absolute atomic E-state index is 0.121. The molecule has 1 fully saturated rings. The molecule has 1 saturated heterocycles. The summed E-state index contributed by atoms with van der Waals surface area (Å²) in [6.07, 6.45) is 7.81. The van der Waals surface area contributed by atoms with E-state index in [1.54, 1.807) is 24.3 Å². The molecule has 138 valence electrons. The van der Waals surface area contributed by atoms with Crippen LogP contribution in [0.15, 0.2) is 24.3 Å². The molecule has 1 aromatic rings. The molecule has 0 saturated carbocycles. The van der Waals surface area contributed by atoms with E-state index in [0.717, 1.165) is 6.42 Å². The average Bonchev–Trinajstić information content (AvgIpc) is 2.66. The third-order valence-corrected chi connectivity index (χ3v) is 4.46. The number of rotatable bonds is 6. The van der Waals surface area contributed by atoms with E-state index in [2.05, 4.69) is 16.6 Å². The molecule has 0 spiro atoms. The Labute approximate surface area is 154 Å². The fraction of sp³-hybridized carbons (Fsp3) is 0.450. The zero-order valence-corrected chi connectivity index (χ0v) is 15.1. The first-order valence-electron chi connectivity index (χ1n) is 8.96. The summed E-state index contributed by atoms with van der Waals surface area (Å²) < 4.78 is 0. The summed E-state index contributed by atoms with van der Waals surface area (Å²) in [5.74, 6) is 1.90. The number of carbonyl (C=O) groups is 3. The molecule has 0 radical (unpaired) electrons. The molecule has 1 aromatic carbocycles. The van der Waals surface area contributed by atoms with Crippen LogP contribution in [0.5, 0.6) is 0 Å². The van der Waals surface area contributed by atoms with Gasteiger partial charge >= 0.3 is 0 Å². The number of carbonyl (C=O) groups excluding carboxylic acids is 3. The van der Waals surface area contributed by atoms with Gasteiger partial charge in [0.25, 0.3) is 5.91 Å². The van der Waals surface area contributed by atoms with Crippen LogP contribution in [0.2, 0.25) is 0 Å². The number of terminal acetylenes is 1. The van der Waals surface area contributed by atoms with E-state index >= 15 is 0 Å². The van der Waals surface area contributed by atoms with Crippen molar-refractivity contribution in [2.24, 2.45) is 5.92 Å². The summed E-state index contributed by atoms with van der Waals surface area (Å²) in [6, 6.07) is 6.84. The Morgan fingerprint density at radius 2 is 1.92 bits per heavy atom. The quantitative estimate of drug-likeness (QED) is 0.767. The van der Waals surface area contributed by atoms with Crippen molar-refractivity contribution in [2.75, 3.05) is 25.0 Å². The SMILES string of the molecule is C#CCNC(=O)c1ccccc1NC(=O)C1CCN(C(=O)CCC)CC1. The Hall–Kier alpha value is -2.81. The minimum Gasteiger partial charge on any atom is -0.343 e. The van der Waals surface area contributed by atoms with Crippen LogP contribution in [0.3, 0.4) is 0 Å². The lowest BCUT2D eigenvalue weighted by molar-refractivity contribution is -0.134. The van der Waals surface area contributed by atoms with Gasteiger partial charge in [-0.25, -0.2) is 0 Å². The Balaban J connectivity index is 1.96. The van der Waals surface area contributed by atoms with E-state index in [9.17, 15) is 14.4 Å². The smallest absolute Gasteiger partial charge is 0.254 e. The molecule has 6 nitrogen and oxygen atoms in total. The highest BCUT2D eigenvalue weighted by molar-refractivity contribution is 6.04. The van der Waals surface area contributed by atoms with Crippen molar-refractivity contribution in [3.63, 3.8) is 0 Å². The molecule has 6 heteroatoms. The molecular formula is C20H25N3O3. The summed E-state index contributed by atoms with van der Waals surface area (Å²) in [5, 5.41) is 5.45. The van der Waals surface area contributed by atoms with Gasteiger partial charge in [0.15, 0.2) is 0 Å². The highest BCUT2D eigenvalue weighted by atomic mass is 16.2. The first kappa shape index (κ1) is 19.5. The van der Waals surface area contributed by atoms with Crippen LogP contribution in [0.1, 0.15) is 43.0 Å². The summed E-state index contributed by atoms with van der Waals surface area (Å²) >= 11 is 0. The third kappa shape index (κ3) is 5.09. The number of likely N-dealkylation sites (tertiary alicyclic amines) is 1. The summed E-state index contributed by atoms with van der Waals surface area (Å²) in [6.45, 7) is 3.31. The van der Waals surface area contributed by atoms with Gasteiger partial charge in [-0.1, -0.05) is 25.0 Å². The maximum absolute atomic E-state index is 12.6. The van der Waals surface area contributed by atoms with Gasteiger partial charge in [-0.3, -0.25) is 14.4 Å². The van der Waals surface area contributed by atoms with Crippen molar-refractivity contribution in [3.05, 3.63) is 29.8 Å². The molecular weight excluding hydrogens is 330 g/mol. The van der Waals surface area contributed by atoms with Gasteiger partial charge in [-0.15, -0.1) is 6.42 Å². The molecule has 3 amide bonds. The standard InChI is InChI=1S/C20H25N3O3/c1-3-7-18(24)23-13-10-15(11-14-23)19(25)22-17-9-6-5-8-16(17)20(26)21-12-4-2/h2,5-6,8-9,15H,3,7,10-14H2,1H3,(H,21,26)(H,22,25). The zero-order chi connectivity index (χ0) is 18.9. The first-order chi connectivity index (χ1) is 12.6. The van der Waals surface area contributed by atoms with E-state index in [0.29, 0.717) is 43.6 Å². The van der Waals surface area contributed by atoms with Crippen LogP contribution in [0, 0.1) is 18.3 Å². The predicted molar refractivity (Wildman–Crippen MR) is 100 cm³/mol. The van der Waals surface area contributed by atoms with Gasteiger partial charge < -0.3 is 15.5 Å². The van der Waals surface area contributed by atoms with Gasteiger partial charge in [-0.05, 0) is 31.4 Å². The zero-order valence-electron chi connectivity index (χ0n) is 15.1. The number of anilines is 1. The number of nitrogens with one attached hydrogen (secondary N) is 2. The first-order valence-corrected chi connectivity index (χ1v) is 8.96. The number of nitrogens with zero attached hydrogens (tertiary/aromatic N) is 1. The summed E-state index contributed by atoms with van der Waals surface area (Å²) in [5.41, 5.74) is 0.850. The molecule has 1 heterocycles. The molecule has 2 N–H and O–H groups in total. The topological polar surface area (TPSA) is 78.5 Å². The molecule has 0 aromatic heterocycles. The van der Waals surface area contributed by atoms with Gasteiger partial charge in [0, 0.05) is 25.4 Å². The van der Waals surface area contributed by atoms with E-state index in [1.807, 2.05) is 11.8 Å². The number of para-hydroxylation sites is 1. The van der Waals surface area contributed by atoms with Crippen LogP contribution in [-0.2, 0) is 9.59 Å². The van der Waals surface area contributed by atoms with E-state index < -0.39 is 0 Å². The highest BCUT2D eigenvalue weighted by Gasteiger charge is 2.27. The minimum atomic E-state index is -0.321. The van der Waals surface area contributed by atoms with E-state index in [-0.39, 0.29) is 30.2 Å². The lowest BCUT2D eigenvalue weighted by Gasteiger charge is -2.31. The summed E-state index contributed by atoms with van der Waals surface area (Å²) in [7, 11) is 0. The van der Waals surface area contributed by atoms with E-state index in [4.69, 9.17) is 6.42 Å². The van der Waals surface area contributed by atoms with Gasteiger partial charge in [-0.2, -0.15) is 0 Å². The monoisotopic (exact) mass is 355 g/mol. The molecule has 1 aliphatic rings. The molecule has 0 aliphatic carbocycles. The number of piperidine rings is 1. The van der Waals surface area contributed by atoms with Crippen molar-refractivity contribution >= 4 is 23.4 Å². The molecule has 26 heavy (non-hydrogen) atoms. The molecule has 1 aliphatic heterocycles. The second-order valence-electron chi connectivity index (χ2n) is 6.33. The number of amides is 3. The van der Waals surface area contributed by atoms with Crippen LogP contribution < -0.4 is 10.6 Å². The number of hydrogen-bond acceptors (Lipinski definition) is 3. The van der Waals surface area contributed by atoms with Crippen LogP contribution >= 0.6 is 0 Å². The van der Waals surface area contributed by atoms with Crippen molar-refractivity contribution in [1.29, 1.82) is 0 Å². The van der Waals surface area contributed by atoms with Crippen LogP contribution in [0.4, 0.5) is 5.69 Å². The van der Waals surface area contributed by atoms with Crippen molar-refractivity contribution in [1.82, 2.24) is 10.2 Å². The highest BCUT2D eigenvalue weighted by Crippen LogP contribution is 2.22. The largest absolute Gasteiger partial charge is 0.343 e. The Kier molecular flexibility index (Phi) is 7.22.